The van der Waals surface area contributed by atoms with Crippen molar-refractivity contribution in [1.29, 1.82) is 0 Å². The average molecular weight is 309 g/mol. The van der Waals surface area contributed by atoms with Crippen molar-refractivity contribution in [2.75, 3.05) is 18.4 Å². The zero-order valence-electron chi connectivity index (χ0n) is 11.7. The number of benzene rings is 1. The first-order valence-electron chi connectivity index (χ1n) is 6.69. The van der Waals surface area contributed by atoms with Gasteiger partial charge in [0.25, 0.3) is 0 Å². The number of aliphatic hydroxyl groups excluding tert-OH is 2. The van der Waals surface area contributed by atoms with Gasteiger partial charge in [0.15, 0.2) is 0 Å². The number of thiocarbonyl (C=S) groups is 1. The van der Waals surface area contributed by atoms with E-state index in [4.69, 9.17) is 18.0 Å². The van der Waals surface area contributed by atoms with Gasteiger partial charge in [0, 0.05) is 24.3 Å². The van der Waals surface area contributed by atoms with Gasteiger partial charge in [-0.25, -0.2) is 0 Å². The Bertz CT molecular complexity index is 525. The number of hydrogen-bond donors (Lipinski definition) is 4. The van der Waals surface area contributed by atoms with Crippen molar-refractivity contribution in [2.45, 2.75) is 25.2 Å². The first-order chi connectivity index (χ1) is 9.88. The normalized spacial score (nSPS) is 23.8. The molecule has 1 aliphatic rings. The summed E-state index contributed by atoms with van der Waals surface area (Å²) in [6, 6.07) is 6.50. The molecule has 114 valence electrons. The van der Waals surface area contributed by atoms with Gasteiger partial charge in [0.1, 0.15) is 4.99 Å². The van der Waals surface area contributed by atoms with Crippen LogP contribution < -0.4 is 11.1 Å². The first kappa shape index (κ1) is 15.8. The number of likely N-dealkylation sites (tertiary alicyclic amines) is 1. The third-order valence-corrected chi connectivity index (χ3v) is 3.89. The summed E-state index contributed by atoms with van der Waals surface area (Å²) in [4.78, 5) is 14.2. The van der Waals surface area contributed by atoms with E-state index in [1.807, 2.05) is 0 Å². The van der Waals surface area contributed by atoms with Crippen LogP contribution in [0.1, 0.15) is 12.5 Å². The van der Waals surface area contributed by atoms with Crippen LogP contribution in [0.4, 0.5) is 5.69 Å². The van der Waals surface area contributed by atoms with Crippen molar-refractivity contribution in [3.05, 3.63) is 29.8 Å². The summed E-state index contributed by atoms with van der Waals surface area (Å²) in [6.07, 6.45) is -1.60. The van der Waals surface area contributed by atoms with E-state index in [-0.39, 0.29) is 19.0 Å². The number of nitrogens with zero attached hydrogens (tertiary/aromatic N) is 1. The zero-order chi connectivity index (χ0) is 15.6. The predicted octanol–water partition coefficient (Wildman–Crippen LogP) is -0.315. The van der Waals surface area contributed by atoms with Crippen LogP contribution in [0.25, 0.3) is 0 Å². The molecule has 1 heterocycles. The Labute approximate surface area is 128 Å². The Morgan fingerprint density at radius 1 is 1.33 bits per heavy atom. The summed E-state index contributed by atoms with van der Waals surface area (Å²) < 4.78 is 0. The van der Waals surface area contributed by atoms with Crippen LogP contribution in [0.2, 0.25) is 0 Å². The molecule has 1 aromatic rings. The number of aliphatic hydroxyl groups is 2. The Balaban J connectivity index is 1.96. The number of nitrogens with two attached hydrogens (primary N) is 1. The predicted molar refractivity (Wildman–Crippen MR) is 84.0 cm³/mol. The minimum Gasteiger partial charge on any atom is -0.389 e. The highest BCUT2D eigenvalue weighted by molar-refractivity contribution is 7.80. The van der Waals surface area contributed by atoms with Crippen molar-refractivity contribution in [2.24, 2.45) is 5.73 Å². The summed E-state index contributed by atoms with van der Waals surface area (Å²) in [6.45, 7) is 2.32. The highest BCUT2D eigenvalue weighted by atomic mass is 32.1. The monoisotopic (exact) mass is 309 g/mol. The number of carbonyl (C=O) groups is 1. The van der Waals surface area contributed by atoms with Crippen LogP contribution in [0.3, 0.4) is 0 Å². The Kier molecular flexibility index (Phi) is 4.89. The van der Waals surface area contributed by atoms with Gasteiger partial charge in [-0.05, 0) is 31.2 Å². The van der Waals surface area contributed by atoms with Gasteiger partial charge < -0.3 is 21.3 Å². The number of anilines is 1. The van der Waals surface area contributed by atoms with Gasteiger partial charge in [-0.2, -0.15) is 0 Å². The van der Waals surface area contributed by atoms with Crippen LogP contribution in [-0.2, 0) is 4.79 Å². The molecule has 5 N–H and O–H groups in total. The maximum absolute atomic E-state index is 12.2. The van der Waals surface area contributed by atoms with Gasteiger partial charge in [-0.1, -0.05) is 12.2 Å². The molecule has 6 nitrogen and oxygen atoms in total. The summed E-state index contributed by atoms with van der Waals surface area (Å²) >= 11 is 4.87. The lowest BCUT2D eigenvalue weighted by Crippen LogP contribution is -2.41. The molecule has 0 aromatic heterocycles. The third-order valence-electron chi connectivity index (χ3n) is 3.65. The SMILES string of the molecule is CC(C(=O)Nc1ccc(C(N)=S)cc1)N1CC(O)C(O)C1. The fraction of sp³-hybridized carbons (Fsp3) is 0.429. The number of nitrogens with one attached hydrogen (secondary N) is 1. The largest absolute Gasteiger partial charge is 0.389 e. The van der Waals surface area contributed by atoms with Crippen LogP contribution in [-0.4, -0.2) is 57.3 Å². The number of β-amino-alcohol motifs (C(OH)–C–C–N with tert-alkyl or cyclic N) is 2. The molecule has 0 saturated carbocycles. The van der Waals surface area contributed by atoms with Crippen LogP contribution in [0, 0.1) is 0 Å². The summed E-state index contributed by atoms with van der Waals surface area (Å²) in [7, 11) is 0. The highest BCUT2D eigenvalue weighted by Gasteiger charge is 2.34. The second kappa shape index (κ2) is 6.48. The quantitative estimate of drug-likeness (QED) is 0.569. The Hall–Kier alpha value is -1.54. The van der Waals surface area contributed by atoms with Crippen LogP contribution in [0.15, 0.2) is 24.3 Å². The molecule has 0 bridgehead atoms. The molecule has 2 rings (SSSR count). The molecule has 0 aliphatic carbocycles. The second-order valence-electron chi connectivity index (χ2n) is 5.20. The van der Waals surface area contributed by atoms with Crippen LogP contribution >= 0.6 is 12.2 Å². The molecule has 1 saturated heterocycles. The molecule has 3 unspecified atom stereocenters. The summed E-state index contributed by atoms with van der Waals surface area (Å²) in [5.41, 5.74) is 6.90. The molecule has 3 atom stereocenters. The highest BCUT2D eigenvalue weighted by Crippen LogP contribution is 2.15. The molecule has 1 aromatic carbocycles. The molecule has 7 heteroatoms. The maximum Gasteiger partial charge on any atom is 0.241 e. The molecule has 1 fully saturated rings. The van der Waals surface area contributed by atoms with Crippen molar-refractivity contribution in [3.8, 4) is 0 Å². The van der Waals surface area contributed by atoms with Crippen molar-refractivity contribution < 1.29 is 15.0 Å². The number of carbonyl (C=O) groups excluding carboxylic acids is 1. The molecular formula is C14H19N3O3S. The summed E-state index contributed by atoms with van der Waals surface area (Å²) in [5.74, 6) is -0.195. The van der Waals surface area contributed by atoms with Crippen LogP contribution in [0.5, 0.6) is 0 Å². The van der Waals surface area contributed by atoms with E-state index >= 15 is 0 Å². The van der Waals surface area contributed by atoms with E-state index in [9.17, 15) is 15.0 Å². The van der Waals surface area contributed by atoms with Crippen molar-refractivity contribution >= 4 is 28.8 Å². The maximum atomic E-state index is 12.2. The van der Waals surface area contributed by atoms with Gasteiger partial charge in [0.05, 0.1) is 18.2 Å². The minimum absolute atomic E-state index is 0.195. The molecule has 1 amide bonds. The summed E-state index contributed by atoms with van der Waals surface area (Å²) in [5, 5.41) is 21.8. The topological polar surface area (TPSA) is 98.8 Å². The first-order valence-corrected chi connectivity index (χ1v) is 7.10. The van der Waals surface area contributed by atoms with Gasteiger partial charge >= 0.3 is 0 Å². The van der Waals surface area contributed by atoms with E-state index in [1.54, 1.807) is 36.1 Å². The smallest absolute Gasteiger partial charge is 0.241 e. The van der Waals surface area contributed by atoms with Crippen molar-refractivity contribution in [3.63, 3.8) is 0 Å². The molecule has 1 aliphatic heterocycles. The molecule has 21 heavy (non-hydrogen) atoms. The average Bonchev–Trinajstić information content (AvgIpc) is 2.78. The lowest BCUT2D eigenvalue weighted by atomic mass is 10.2. The number of rotatable bonds is 4. The number of hydrogen-bond acceptors (Lipinski definition) is 5. The molecular weight excluding hydrogens is 290 g/mol. The fourth-order valence-corrected chi connectivity index (χ4v) is 2.38. The molecule has 0 radical (unpaired) electrons. The second-order valence-corrected chi connectivity index (χ2v) is 5.64. The fourth-order valence-electron chi connectivity index (χ4n) is 2.25. The van der Waals surface area contributed by atoms with Crippen molar-refractivity contribution in [1.82, 2.24) is 4.90 Å². The lowest BCUT2D eigenvalue weighted by molar-refractivity contribution is -0.120. The van der Waals surface area contributed by atoms with E-state index in [0.717, 1.165) is 5.56 Å². The standard InChI is InChI=1S/C14H19N3O3S/c1-8(17-6-11(18)12(19)7-17)14(20)16-10-4-2-9(3-5-10)13(15)21/h2-5,8,11-12,18-19H,6-7H2,1H3,(H2,15,21)(H,16,20). The number of amides is 1. The minimum atomic E-state index is -0.801. The molecule has 0 spiro atoms. The van der Waals surface area contributed by atoms with E-state index in [2.05, 4.69) is 5.32 Å². The Morgan fingerprint density at radius 2 is 1.86 bits per heavy atom. The third kappa shape index (κ3) is 3.76. The van der Waals surface area contributed by atoms with E-state index in [0.29, 0.717) is 10.7 Å². The van der Waals surface area contributed by atoms with E-state index < -0.39 is 18.2 Å². The van der Waals surface area contributed by atoms with E-state index in [1.165, 1.54) is 0 Å². The van der Waals surface area contributed by atoms with Gasteiger partial charge in [-0.3, -0.25) is 9.69 Å². The lowest BCUT2D eigenvalue weighted by Gasteiger charge is -2.22. The van der Waals surface area contributed by atoms with Gasteiger partial charge in [0.2, 0.25) is 5.91 Å². The van der Waals surface area contributed by atoms with Gasteiger partial charge in [-0.15, -0.1) is 0 Å². The zero-order valence-corrected chi connectivity index (χ0v) is 12.5. The Morgan fingerprint density at radius 3 is 2.33 bits per heavy atom.